The fourth-order valence-corrected chi connectivity index (χ4v) is 3.59. The number of rotatable bonds is 4. The van der Waals surface area contributed by atoms with Gasteiger partial charge in [0, 0.05) is 30.7 Å². The van der Waals surface area contributed by atoms with E-state index in [9.17, 15) is 14.0 Å². The van der Waals surface area contributed by atoms with Crippen LogP contribution in [0.25, 0.3) is 11.2 Å². The number of hydrogen-bond donors (Lipinski definition) is 1. The Kier molecular flexibility index (Phi) is 5.05. The van der Waals surface area contributed by atoms with Gasteiger partial charge in [-0.2, -0.15) is 0 Å². The van der Waals surface area contributed by atoms with Crippen LogP contribution >= 0.6 is 11.6 Å². The maximum Gasteiger partial charge on any atom is 0.329 e. The summed E-state index contributed by atoms with van der Waals surface area (Å²) < 4.78 is 22.7. The second-order valence-corrected chi connectivity index (χ2v) is 7.10. The van der Waals surface area contributed by atoms with E-state index in [1.807, 2.05) is 0 Å². The number of imidazole rings is 1. The van der Waals surface area contributed by atoms with E-state index in [2.05, 4.69) is 14.9 Å². The molecular formula is C18H19ClFN5O3. The molecule has 10 heteroatoms. The van der Waals surface area contributed by atoms with E-state index in [0.717, 1.165) is 13.1 Å². The van der Waals surface area contributed by atoms with Crippen molar-refractivity contribution in [3.05, 3.63) is 61.3 Å². The van der Waals surface area contributed by atoms with E-state index in [0.29, 0.717) is 25.6 Å². The minimum atomic E-state index is -0.564. The molecule has 0 spiro atoms. The Labute approximate surface area is 164 Å². The molecule has 3 heterocycles. The number of benzene rings is 1. The van der Waals surface area contributed by atoms with E-state index in [4.69, 9.17) is 16.3 Å². The number of aromatic nitrogens is 4. The second kappa shape index (κ2) is 7.50. The average molecular weight is 408 g/mol. The Morgan fingerprint density at radius 3 is 2.71 bits per heavy atom. The Morgan fingerprint density at radius 1 is 1.25 bits per heavy atom. The topological polar surface area (TPSA) is 85.2 Å². The van der Waals surface area contributed by atoms with Gasteiger partial charge in [-0.25, -0.2) is 14.2 Å². The first kappa shape index (κ1) is 18.9. The molecular weight excluding hydrogens is 389 g/mol. The highest BCUT2D eigenvalue weighted by molar-refractivity contribution is 6.31. The standard InChI is InChI=1S/C18H19ClFN5O3/c1-23-16-15(17(26)22-18(23)27)25(9-11-12(19)3-2-4-13(11)20)14(21-16)10-24-5-7-28-8-6-24/h2-4H,5-10H2,1H3,(H,22,26,27). The van der Waals surface area contributed by atoms with Crippen molar-refractivity contribution in [3.8, 4) is 0 Å². The van der Waals surface area contributed by atoms with Crippen LogP contribution in [0.4, 0.5) is 4.39 Å². The van der Waals surface area contributed by atoms with Gasteiger partial charge in [-0.15, -0.1) is 0 Å². The minimum absolute atomic E-state index is 0.0307. The summed E-state index contributed by atoms with van der Waals surface area (Å²) in [6, 6.07) is 4.45. The van der Waals surface area contributed by atoms with Gasteiger partial charge in [-0.1, -0.05) is 17.7 Å². The van der Waals surface area contributed by atoms with Gasteiger partial charge in [0.2, 0.25) is 0 Å². The molecule has 0 radical (unpaired) electrons. The fraction of sp³-hybridized carbons (Fsp3) is 0.389. The maximum absolute atomic E-state index is 14.4. The number of aromatic amines is 1. The van der Waals surface area contributed by atoms with Crippen molar-refractivity contribution < 1.29 is 9.13 Å². The number of hydrogen-bond acceptors (Lipinski definition) is 5. The first-order chi connectivity index (χ1) is 13.5. The molecule has 0 unspecified atom stereocenters. The number of morpholine rings is 1. The molecule has 0 atom stereocenters. The van der Waals surface area contributed by atoms with Crippen LogP contribution in [0, 0.1) is 5.82 Å². The Morgan fingerprint density at radius 2 is 2.00 bits per heavy atom. The lowest BCUT2D eigenvalue weighted by Gasteiger charge is -2.26. The van der Waals surface area contributed by atoms with Crippen molar-refractivity contribution in [1.82, 2.24) is 24.0 Å². The summed E-state index contributed by atoms with van der Waals surface area (Å²) in [6.45, 7) is 3.13. The molecule has 0 amide bonds. The SMILES string of the molecule is Cn1c(=O)[nH]c(=O)c2c1nc(CN1CCOCC1)n2Cc1c(F)cccc1Cl. The third-order valence-electron chi connectivity index (χ3n) is 4.93. The molecule has 1 N–H and O–H groups in total. The van der Waals surface area contributed by atoms with Crippen LogP contribution in [0.2, 0.25) is 5.02 Å². The molecule has 4 rings (SSSR count). The summed E-state index contributed by atoms with van der Waals surface area (Å²) >= 11 is 6.20. The lowest BCUT2D eigenvalue weighted by molar-refractivity contribution is 0.0327. The number of aryl methyl sites for hydroxylation is 1. The molecule has 1 saturated heterocycles. The molecule has 0 saturated carbocycles. The average Bonchev–Trinajstić information content (AvgIpc) is 3.02. The molecule has 8 nitrogen and oxygen atoms in total. The molecule has 0 aliphatic carbocycles. The summed E-state index contributed by atoms with van der Waals surface area (Å²) in [6.07, 6.45) is 0. The highest BCUT2D eigenvalue weighted by atomic mass is 35.5. The number of ether oxygens (including phenoxy) is 1. The minimum Gasteiger partial charge on any atom is -0.379 e. The van der Waals surface area contributed by atoms with Gasteiger partial charge >= 0.3 is 5.69 Å². The van der Waals surface area contributed by atoms with Crippen LogP contribution in [-0.2, 0) is 24.9 Å². The quantitative estimate of drug-likeness (QED) is 0.700. The summed E-state index contributed by atoms with van der Waals surface area (Å²) in [7, 11) is 1.53. The van der Waals surface area contributed by atoms with Gasteiger partial charge in [0.1, 0.15) is 11.6 Å². The van der Waals surface area contributed by atoms with Gasteiger partial charge in [0.15, 0.2) is 11.2 Å². The number of nitrogens with one attached hydrogen (secondary N) is 1. The lowest BCUT2D eigenvalue weighted by Crippen LogP contribution is -2.36. The van der Waals surface area contributed by atoms with Crippen molar-refractivity contribution >= 4 is 22.8 Å². The van der Waals surface area contributed by atoms with Gasteiger partial charge in [0.25, 0.3) is 5.56 Å². The molecule has 3 aromatic rings. The molecule has 1 aliphatic heterocycles. The highest BCUT2D eigenvalue weighted by Gasteiger charge is 2.22. The maximum atomic E-state index is 14.4. The Hall–Kier alpha value is -2.49. The van der Waals surface area contributed by atoms with E-state index in [1.54, 1.807) is 10.6 Å². The van der Waals surface area contributed by atoms with Gasteiger partial charge < -0.3 is 9.30 Å². The molecule has 1 aliphatic rings. The molecule has 1 aromatic carbocycles. The second-order valence-electron chi connectivity index (χ2n) is 6.69. The van der Waals surface area contributed by atoms with Crippen LogP contribution in [0.1, 0.15) is 11.4 Å². The van der Waals surface area contributed by atoms with E-state index < -0.39 is 17.1 Å². The Balaban J connectivity index is 1.88. The van der Waals surface area contributed by atoms with E-state index in [-0.39, 0.29) is 28.3 Å². The summed E-state index contributed by atoms with van der Waals surface area (Å²) in [5.41, 5.74) is -0.385. The van der Waals surface area contributed by atoms with Crippen molar-refractivity contribution in [2.45, 2.75) is 13.1 Å². The highest BCUT2D eigenvalue weighted by Crippen LogP contribution is 2.23. The third kappa shape index (κ3) is 3.36. The van der Waals surface area contributed by atoms with Crippen LogP contribution < -0.4 is 11.2 Å². The van der Waals surface area contributed by atoms with E-state index in [1.165, 1.54) is 23.7 Å². The molecule has 148 valence electrons. The van der Waals surface area contributed by atoms with Crippen molar-refractivity contribution in [2.75, 3.05) is 26.3 Å². The summed E-state index contributed by atoms with van der Waals surface area (Å²) in [4.78, 5) is 33.5. The monoisotopic (exact) mass is 407 g/mol. The third-order valence-corrected chi connectivity index (χ3v) is 5.29. The van der Waals surface area contributed by atoms with Gasteiger partial charge in [-0.3, -0.25) is 19.2 Å². The van der Waals surface area contributed by atoms with Crippen LogP contribution in [0.3, 0.4) is 0 Å². The largest absolute Gasteiger partial charge is 0.379 e. The first-order valence-corrected chi connectivity index (χ1v) is 9.25. The molecule has 1 fully saturated rings. The van der Waals surface area contributed by atoms with Gasteiger partial charge in [-0.05, 0) is 12.1 Å². The van der Waals surface area contributed by atoms with Crippen molar-refractivity contribution in [3.63, 3.8) is 0 Å². The number of halogens is 2. The van der Waals surface area contributed by atoms with E-state index >= 15 is 0 Å². The zero-order valence-corrected chi connectivity index (χ0v) is 16.0. The molecule has 2 aromatic heterocycles. The number of nitrogens with zero attached hydrogens (tertiary/aromatic N) is 4. The normalized spacial score (nSPS) is 15.4. The van der Waals surface area contributed by atoms with Crippen LogP contribution in [0.5, 0.6) is 0 Å². The fourth-order valence-electron chi connectivity index (χ4n) is 3.37. The smallest absolute Gasteiger partial charge is 0.329 e. The lowest BCUT2D eigenvalue weighted by atomic mass is 10.2. The summed E-state index contributed by atoms with van der Waals surface area (Å²) in [5, 5.41) is 0.264. The van der Waals surface area contributed by atoms with Crippen LogP contribution in [-0.4, -0.2) is 50.3 Å². The molecule has 28 heavy (non-hydrogen) atoms. The number of fused-ring (bicyclic) bond motifs is 1. The zero-order chi connectivity index (χ0) is 19.8. The van der Waals surface area contributed by atoms with Gasteiger partial charge in [0.05, 0.1) is 26.3 Å². The predicted octanol–water partition coefficient (Wildman–Crippen LogP) is 1.10. The molecule has 0 bridgehead atoms. The number of H-pyrrole nitrogens is 1. The van der Waals surface area contributed by atoms with Crippen LogP contribution in [0.15, 0.2) is 27.8 Å². The predicted molar refractivity (Wildman–Crippen MR) is 102 cm³/mol. The summed E-state index contributed by atoms with van der Waals surface area (Å²) in [5.74, 6) is 0.0934. The first-order valence-electron chi connectivity index (χ1n) is 8.87. The van der Waals surface area contributed by atoms with Crippen molar-refractivity contribution in [2.24, 2.45) is 7.05 Å². The Bertz CT molecular complexity index is 1130. The zero-order valence-electron chi connectivity index (χ0n) is 15.2. The van der Waals surface area contributed by atoms with Crippen molar-refractivity contribution in [1.29, 1.82) is 0 Å².